The second-order valence-corrected chi connectivity index (χ2v) is 4.72. The lowest BCUT2D eigenvalue weighted by Gasteiger charge is -2.07. The molecule has 9 nitrogen and oxygen atoms in total. The van der Waals surface area contributed by atoms with E-state index in [2.05, 4.69) is 5.32 Å². The number of nitro benzene ring substituents is 2. The molecule has 0 atom stereocenters. The van der Waals surface area contributed by atoms with Gasteiger partial charge in [-0.1, -0.05) is 0 Å². The first-order chi connectivity index (χ1) is 11.4. The van der Waals surface area contributed by atoms with E-state index in [0.717, 1.165) is 12.1 Å². The van der Waals surface area contributed by atoms with Crippen molar-refractivity contribution in [3.8, 4) is 5.75 Å². The number of ether oxygens (including phenoxy) is 1. The quantitative estimate of drug-likeness (QED) is 0.470. The topological polar surface area (TPSA) is 125 Å². The van der Waals surface area contributed by atoms with Gasteiger partial charge < -0.3 is 10.1 Å². The molecule has 0 heterocycles. The predicted octanol–water partition coefficient (Wildman–Crippen LogP) is 2.81. The number of rotatable bonds is 7. The predicted molar refractivity (Wildman–Crippen MR) is 85.6 cm³/mol. The van der Waals surface area contributed by atoms with Crippen LogP contribution in [-0.2, 0) is 0 Å². The summed E-state index contributed by atoms with van der Waals surface area (Å²) in [6.45, 7) is -0.190. The lowest BCUT2D eigenvalue weighted by atomic mass is 10.1. The summed E-state index contributed by atoms with van der Waals surface area (Å²) in [7, 11) is 1.51. The molecule has 0 aliphatic rings. The number of benzene rings is 2. The second kappa shape index (κ2) is 7.18. The molecule has 9 heteroatoms. The number of hydrogen-bond donors (Lipinski definition) is 1. The first-order valence-corrected chi connectivity index (χ1v) is 6.76. The summed E-state index contributed by atoms with van der Waals surface area (Å²) in [4.78, 5) is 32.3. The minimum absolute atomic E-state index is 0.0347. The summed E-state index contributed by atoms with van der Waals surface area (Å²) in [6.07, 6.45) is 0. The van der Waals surface area contributed by atoms with E-state index in [4.69, 9.17) is 4.74 Å². The molecule has 0 unspecified atom stereocenters. The van der Waals surface area contributed by atoms with Gasteiger partial charge in [0, 0.05) is 11.6 Å². The van der Waals surface area contributed by atoms with Gasteiger partial charge in [0.1, 0.15) is 11.4 Å². The molecule has 0 saturated heterocycles. The van der Waals surface area contributed by atoms with Crippen LogP contribution in [0.4, 0.5) is 17.1 Å². The van der Waals surface area contributed by atoms with Crippen molar-refractivity contribution in [2.75, 3.05) is 19.0 Å². The maximum atomic E-state index is 12.1. The lowest BCUT2D eigenvalue weighted by Crippen LogP contribution is -2.14. The summed E-state index contributed by atoms with van der Waals surface area (Å²) in [5, 5.41) is 24.4. The third-order valence-corrected chi connectivity index (χ3v) is 3.24. The molecule has 0 bridgehead atoms. The average Bonchev–Trinajstić information content (AvgIpc) is 2.59. The van der Waals surface area contributed by atoms with Crippen LogP contribution in [0.2, 0.25) is 0 Å². The zero-order valence-corrected chi connectivity index (χ0v) is 12.6. The van der Waals surface area contributed by atoms with Gasteiger partial charge in [0.25, 0.3) is 11.4 Å². The highest BCUT2D eigenvalue weighted by molar-refractivity contribution is 5.99. The van der Waals surface area contributed by atoms with Gasteiger partial charge in [-0.05, 0) is 30.3 Å². The van der Waals surface area contributed by atoms with Crippen LogP contribution in [0.3, 0.4) is 0 Å². The van der Waals surface area contributed by atoms with Crippen molar-refractivity contribution in [3.05, 3.63) is 68.3 Å². The van der Waals surface area contributed by atoms with Crippen LogP contribution in [0.25, 0.3) is 0 Å². The van der Waals surface area contributed by atoms with E-state index in [0.29, 0.717) is 11.3 Å². The van der Waals surface area contributed by atoms with Gasteiger partial charge >= 0.3 is 0 Å². The Bertz CT molecular complexity index is 788. The molecule has 0 saturated carbocycles. The fraction of sp³-hybridized carbons (Fsp3) is 0.133. The van der Waals surface area contributed by atoms with Crippen LogP contribution in [-0.4, -0.2) is 29.3 Å². The molecule has 0 aliphatic heterocycles. The third-order valence-electron chi connectivity index (χ3n) is 3.24. The highest BCUT2D eigenvalue weighted by Crippen LogP contribution is 2.28. The number of ketones is 1. The Morgan fingerprint density at radius 3 is 2.29 bits per heavy atom. The Morgan fingerprint density at radius 2 is 1.75 bits per heavy atom. The van der Waals surface area contributed by atoms with Gasteiger partial charge in [-0.15, -0.1) is 0 Å². The van der Waals surface area contributed by atoms with E-state index in [-0.39, 0.29) is 18.0 Å². The molecule has 2 aromatic carbocycles. The normalized spacial score (nSPS) is 10.0. The second-order valence-electron chi connectivity index (χ2n) is 4.72. The number of carbonyl (C=O) groups is 1. The summed E-state index contributed by atoms with van der Waals surface area (Å²) in [5.74, 6) is 0.316. The fourth-order valence-corrected chi connectivity index (χ4v) is 1.99. The number of anilines is 1. The number of nitrogens with zero attached hydrogens (tertiary/aromatic N) is 2. The van der Waals surface area contributed by atoms with Crippen molar-refractivity contribution in [3.63, 3.8) is 0 Å². The molecular formula is C15H13N3O6. The number of non-ortho nitro benzene ring substituents is 1. The van der Waals surface area contributed by atoms with Crippen LogP contribution < -0.4 is 10.1 Å². The van der Waals surface area contributed by atoms with Crippen molar-refractivity contribution in [2.45, 2.75) is 0 Å². The molecule has 0 aliphatic carbocycles. The van der Waals surface area contributed by atoms with Crippen molar-refractivity contribution in [1.82, 2.24) is 0 Å². The fourth-order valence-electron chi connectivity index (χ4n) is 1.99. The Kier molecular flexibility index (Phi) is 5.05. The van der Waals surface area contributed by atoms with Crippen LogP contribution in [0.5, 0.6) is 5.75 Å². The SMILES string of the molecule is COc1ccc(C(=O)CNc2ccc([N+](=O)[O-])cc2[N+](=O)[O-])cc1. The van der Waals surface area contributed by atoms with Crippen molar-refractivity contribution in [2.24, 2.45) is 0 Å². The van der Waals surface area contributed by atoms with Crippen molar-refractivity contribution < 1.29 is 19.4 Å². The van der Waals surface area contributed by atoms with Crippen LogP contribution in [0.1, 0.15) is 10.4 Å². The molecule has 2 aromatic rings. The molecular weight excluding hydrogens is 318 g/mol. The van der Waals surface area contributed by atoms with E-state index in [1.54, 1.807) is 24.3 Å². The Labute approximate surface area is 136 Å². The molecule has 0 fully saturated rings. The van der Waals surface area contributed by atoms with E-state index >= 15 is 0 Å². The Morgan fingerprint density at radius 1 is 1.08 bits per heavy atom. The minimum Gasteiger partial charge on any atom is -0.497 e. The third kappa shape index (κ3) is 3.83. The summed E-state index contributed by atoms with van der Waals surface area (Å²) in [5.41, 5.74) is -0.416. The summed E-state index contributed by atoms with van der Waals surface area (Å²) < 4.78 is 4.99. The Balaban J connectivity index is 2.14. The van der Waals surface area contributed by atoms with Crippen LogP contribution in [0, 0.1) is 20.2 Å². The van der Waals surface area contributed by atoms with Crippen LogP contribution in [0.15, 0.2) is 42.5 Å². The Hall–Kier alpha value is -3.49. The van der Waals surface area contributed by atoms with Gasteiger partial charge in [-0.25, -0.2) is 0 Å². The van der Waals surface area contributed by atoms with E-state index in [9.17, 15) is 25.0 Å². The van der Waals surface area contributed by atoms with E-state index in [1.807, 2.05) is 0 Å². The number of Topliss-reactive ketones (excluding diaryl/α,β-unsaturated/α-hetero) is 1. The van der Waals surface area contributed by atoms with Gasteiger partial charge in [-0.3, -0.25) is 25.0 Å². The molecule has 0 spiro atoms. The summed E-state index contributed by atoms with van der Waals surface area (Å²) in [6, 6.07) is 9.59. The maximum Gasteiger partial charge on any atom is 0.299 e. The molecule has 2 rings (SSSR count). The minimum atomic E-state index is -0.743. The highest BCUT2D eigenvalue weighted by Gasteiger charge is 2.20. The summed E-state index contributed by atoms with van der Waals surface area (Å²) >= 11 is 0. The van der Waals surface area contributed by atoms with Gasteiger partial charge in [0.05, 0.1) is 29.6 Å². The molecule has 0 aromatic heterocycles. The zero-order valence-electron chi connectivity index (χ0n) is 12.6. The first kappa shape index (κ1) is 16.9. The van der Waals surface area contributed by atoms with Crippen molar-refractivity contribution in [1.29, 1.82) is 0 Å². The maximum absolute atomic E-state index is 12.1. The van der Waals surface area contributed by atoms with Gasteiger partial charge in [0.15, 0.2) is 5.78 Å². The first-order valence-electron chi connectivity index (χ1n) is 6.76. The molecule has 0 amide bonds. The zero-order chi connectivity index (χ0) is 17.7. The average molecular weight is 331 g/mol. The monoisotopic (exact) mass is 331 g/mol. The molecule has 24 heavy (non-hydrogen) atoms. The lowest BCUT2D eigenvalue weighted by molar-refractivity contribution is -0.393. The highest BCUT2D eigenvalue weighted by atomic mass is 16.6. The van der Waals surface area contributed by atoms with Gasteiger partial charge in [-0.2, -0.15) is 0 Å². The number of nitrogens with one attached hydrogen (secondary N) is 1. The van der Waals surface area contributed by atoms with Crippen molar-refractivity contribution >= 4 is 22.8 Å². The van der Waals surface area contributed by atoms with E-state index < -0.39 is 21.2 Å². The molecule has 1 N–H and O–H groups in total. The van der Waals surface area contributed by atoms with E-state index in [1.165, 1.54) is 13.2 Å². The molecule has 0 radical (unpaired) electrons. The number of carbonyl (C=O) groups excluding carboxylic acids is 1. The van der Waals surface area contributed by atoms with Gasteiger partial charge in [0.2, 0.25) is 0 Å². The number of nitro groups is 2. The van der Waals surface area contributed by atoms with Crippen LogP contribution >= 0.6 is 0 Å². The number of methoxy groups -OCH3 is 1. The number of hydrogen-bond acceptors (Lipinski definition) is 7. The standard InChI is InChI=1S/C15H13N3O6/c1-24-12-5-2-10(3-6-12)15(19)9-16-13-7-4-11(17(20)21)8-14(13)18(22)23/h2-8,16H,9H2,1H3. The molecule has 124 valence electrons. The smallest absolute Gasteiger partial charge is 0.299 e. The largest absolute Gasteiger partial charge is 0.497 e.